The fourth-order valence-electron chi connectivity index (χ4n) is 3.31. The summed E-state index contributed by atoms with van der Waals surface area (Å²) in [5, 5.41) is 3.02. The summed E-state index contributed by atoms with van der Waals surface area (Å²) >= 11 is 0. The summed E-state index contributed by atoms with van der Waals surface area (Å²) < 4.78 is 23.6. The van der Waals surface area contributed by atoms with Crippen molar-refractivity contribution in [2.24, 2.45) is 0 Å². The van der Waals surface area contributed by atoms with Gasteiger partial charge in [-0.05, 0) is 49.1 Å². The highest BCUT2D eigenvalue weighted by atomic mass is 32.2. The molecular formula is C21H26N2O3S. The number of nitrogens with zero attached hydrogens (tertiary/aromatic N) is 1. The van der Waals surface area contributed by atoms with E-state index in [1.165, 1.54) is 5.56 Å². The molecule has 1 heterocycles. The molecule has 1 saturated heterocycles. The van der Waals surface area contributed by atoms with Crippen molar-refractivity contribution in [3.8, 4) is 0 Å². The third-order valence-electron chi connectivity index (χ3n) is 5.17. The molecule has 2 aromatic carbocycles. The van der Waals surface area contributed by atoms with E-state index in [1.807, 2.05) is 67.3 Å². The fourth-order valence-corrected chi connectivity index (χ4v) is 4.54. The first-order valence-corrected chi connectivity index (χ1v) is 11.0. The molecular weight excluding hydrogens is 360 g/mol. The molecule has 27 heavy (non-hydrogen) atoms. The molecule has 1 N–H and O–H groups in total. The highest BCUT2D eigenvalue weighted by Crippen LogP contribution is 2.18. The van der Waals surface area contributed by atoms with Crippen LogP contribution < -0.4 is 5.32 Å². The highest BCUT2D eigenvalue weighted by Gasteiger charge is 2.31. The van der Waals surface area contributed by atoms with Gasteiger partial charge in [-0.25, -0.2) is 8.42 Å². The third-order valence-corrected chi connectivity index (χ3v) is 6.78. The maximum absolute atomic E-state index is 13.1. The quantitative estimate of drug-likeness (QED) is 0.858. The van der Waals surface area contributed by atoms with Crippen molar-refractivity contribution in [1.29, 1.82) is 0 Å². The Hall–Kier alpha value is -2.18. The van der Waals surface area contributed by atoms with Gasteiger partial charge in [-0.2, -0.15) is 0 Å². The second-order valence-corrected chi connectivity index (χ2v) is 9.49. The number of anilines is 1. The van der Waals surface area contributed by atoms with Gasteiger partial charge in [-0.15, -0.1) is 0 Å². The Morgan fingerprint density at radius 2 is 1.70 bits per heavy atom. The molecule has 3 rings (SSSR count). The Labute approximate surface area is 161 Å². The molecule has 1 atom stereocenters. The number of benzene rings is 2. The summed E-state index contributed by atoms with van der Waals surface area (Å²) in [6.07, 6.45) is 0.553. The monoisotopic (exact) mass is 386 g/mol. The van der Waals surface area contributed by atoms with Crippen LogP contribution in [0.15, 0.2) is 48.5 Å². The number of sulfone groups is 1. The van der Waals surface area contributed by atoms with Crippen molar-refractivity contribution in [3.63, 3.8) is 0 Å². The van der Waals surface area contributed by atoms with Crippen molar-refractivity contribution < 1.29 is 13.2 Å². The van der Waals surface area contributed by atoms with E-state index in [1.54, 1.807) is 0 Å². The molecule has 5 nitrogen and oxygen atoms in total. The minimum absolute atomic E-state index is 0.0959. The zero-order chi connectivity index (χ0) is 19.4. The van der Waals surface area contributed by atoms with Gasteiger partial charge in [0.2, 0.25) is 5.91 Å². The van der Waals surface area contributed by atoms with Crippen LogP contribution in [0.5, 0.6) is 0 Å². The molecule has 2 aromatic rings. The van der Waals surface area contributed by atoms with Gasteiger partial charge in [0, 0.05) is 18.8 Å². The molecule has 0 bridgehead atoms. The van der Waals surface area contributed by atoms with Crippen LogP contribution in [0.3, 0.4) is 0 Å². The molecule has 1 amide bonds. The standard InChI is InChI=1S/C21H26N2O3S/c1-16-8-9-19(14-17(16)2)22-21(24)20(15-18-6-4-3-5-7-18)23-10-12-27(25,26)13-11-23/h3-9,14,20H,10-13,15H2,1-2H3,(H,22,24)/t20-/m0/s1. The van der Waals surface area contributed by atoms with Gasteiger partial charge in [0.25, 0.3) is 0 Å². The fraction of sp³-hybridized carbons (Fsp3) is 0.381. The Bertz CT molecular complexity index is 896. The van der Waals surface area contributed by atoms with Crippen LogP contribution in [0.1, 0.15) is 16.7 Å². The lowest BCUT2D eigenvalue weighted by atomic mass is 10.0. The first-order valence-electron chi connectivity index (χ1n) is 9.20. The van der Waals surface area contributed by atoms with Gasteiger partial charge in [0.1, 0.15) is 0 Å². The third kappa shape index (κ3) is 5.17. The van der Waals surface area contributed by atoms with Gasteiger partial charge >= 0.3 is 0 Å². The van der Waals surface area contributed by atoms with Crippen molar-refractivity contribution >= 4 is 21.4 Å². The molecule has 6 heteroatoms. The predicted molar refractivity (Wildman–Crippen MR) is 109 cm³/mol. The maximum Gasteiger partial charge on any atom is 0.242 e. The van der Waals surface area contributed by atoms with Crippen LogP contribution in [0.2, 0.25) is 0 Å². The molecule has 0 radical (unpaired) electrons. The number of hydrogen-bond acceptors (Lipinski definition) is 4. The van der Waals surface area contributed by atoms with E-state index < -0.39 is 15.9 Å². The van der Waals surface area contributed by atoms with Crippen LogP contribution in [-0.2, 0) is 21.1 Å². The van der Waals surface area contributed by atoms with Crippen molar-refractivity contribution in [1.82, 2.24) is 4.90 Å². The summed E-state index contributed by atoms with van der Waals surface area (Å²) in [4.78, 5) is 15.1. The summed E-state index contributed by atoms with van der Waals surface area (Å²) in [5.41, 5.74) is 4.13. The first kappa shape index (κ1) is 19.6. The number of carbonyl (C=O) groups is 1. The van der Waals surface area contributed by atoms with E-state index in [0.29, 0.717) is 19.5 Å². The van der Waals surface area contributed by atoms with E-state index in [9.17, 15) is 13.2 Å². The van der Waals surface area contributed by atoms with Gasteiger partial charge in [0.15, 0.2) is 9.84 Å². The number of nitrogens with one attached hydrogen (secondary N) is 1. The largest absolute Gasteiger partial charge is 0.325 e. The zero-order valence-electron chi connectivity index (χ0n) is 15.8. The average Bonchev–Trinajstić information content (AvgIpc) is 2.64. The molecule has 0 unspecified atom stereocenters. The summed E-state index contributed by atoms with van der Waals surface area (Å²) in [6.45, 7) is 4.83. The predicted octanol–water partition coefficient (Wildman–Crippen LogP) is 2.58. The molecule has 0 spiro atoms. The van der Waals surface area contributed by atoms with E-state index in [-0.39, 0.29) is 17.4 Å². The molecule has 0 aliphatic carbocycles. The van der Waals surface area contributed by atoms with E-state index in [4.69, 9.17) is 0 Å². The topological polar surface area (TPSA) is 66.5 Å². The minimum atomic E-state index is -2.99. The van der Waals surface area contributed by atoms with Crippen LogP contribution in [0, 0.1) is 13.8 Å². The van der Waals surface area contributed by atoms with Crippen LogP contribution in [0.25, 0.3) is 0 Å². The number of hydrogen-bond donors (Lipinski definition) is 1. The van der Waals surface area contributed by atoms with Crippen molar-refractivity contribution in [2.45, 2.75) is 26.3 Å². The maximum atomic E-state index is 13.1. The second kappa shape index (κ2) is 8.23. The van der Waals surface area contributed by atoms with Gasteiger partial charge in [0.05, 0.1) is 17.5 Å². The minimum Gasteiger partial charge on any atom is -0.325 e. The summed E-state index contributed by atoms with van der Waals surface area (Å²) in [6, 6.07) is 15.3. The van der Waals surface area contributed by atoms with Crippen molar-refractivity contribution in [3.05, 3.63) is 65.2 Å². The lowest BCUT2D eigenvalue weighted by Gasteiger charge is -2.33. The highest BCUT2D eigenvalue weighted by molar-refractivity contribution is 7.91. The van der Waals surface area contributed by atoms with Crippen LogP contribution in [-0.4, -0.2) is 49.9 Å². The number of rotatable bonds is 5. The second-order valence-electron chi connectivity index (χ2n) is 7.18. The zero-order valence-corrected chi connectivity index (χ0v) is 16.6. The molecule has 0 aromatic heterocycles. The summed E-state index contributed by atoms with van der Waals surface area (Å²) in [7, 11) is -2.99. The molecule has 0 saturated carbocycles. The lowest BCUT2D eigenvalue weighted by molar-refractivity contribution is -0.121. The van der Waals surface area contributed by atoms with Crippen LogP contribution >= 0.6 is 0 Å². The molecule has 1 aliphatic rings. The molecule has 144 valence electrons. The number of aryl methyl sites for hydroxylation is 2. The SMILES string of the molecule is Cc1ccc(NC(=O)[C@H](Cc2ccccc2)N2CCS(=O)(=O)CC2)cc1C. The van der Waals surface area contributed by atoms with Crippen molar-refractivity contribution in [2.75, 3.05) is 29.9 Å². The number of carbonyl (C=O) groups excluding carboxylic acids is 1. The Morgan fingerprint density at radius 1 is 1.04 bits per heavy atom. The average molecular weight is 387 g/mol. The van der Waals surface area contributed by atoms with Gasteiger partial charge in [-0.3, -0.25) is 9.69 Å². The van der Waals surface area contributed by atoms with E-state index in [2.05, 4.69) is 5.32 Å². The lowest BCUT2D eigenvalue weighted by Crippen LogP contribution is -2.51. The van der Waals surface area contributed by atoms with E-state index >= 15 is 0 Å². The molecule has 1 fully saturated rings. The first-order chi connectivity index (χ1) is 12.8. The Balaban J connectivity index is 1.79. The Kier molecular flexibility index (Phi) is 5.97. The number of amides is 1. The summed E-state index contributed by atoms with van der Waals surface area (Å²) in [5.74, 6) is 0.117. The van der Waals surface area contributed by atoms with Gasteiger partial charge < -0.3 is 5.32 Å². The smallest absolute Gasteiger partial charge is 0.242 e. The molecule has 1 aliphatic heterocycles. The van der Waals surface area contributed by atoms with Crippen LogP contribution in [0.4, 0.5) is 5.69 Å². The van der Waals surface area contributed by atoms with Gasteiger partial charge in [-0.1, -0.05) is 36.4 Å². The normalized spacial score (nSPS) is 18.0. The Morgan fingerprint density at radius 3 is 2.33 bits per heavy atom. The van der Waals surface area contributed by atoms with E-state index in [0.717, 1.165) is 16.8 Å².